The minimum absolute atomic E-state index is 0. The van der Waals surface area contributed by atoms with Gasteiger partial charge in [-0.25, -0.2) is 4.98 Å². The van der Waals surface area contributed by atoms with Crippen molar-refractivity contribution < 1.29 is 4.79 Å². The number of benzene rings is 1. The smallest absolute Gasteiger partial charge is 0.229 e. The number of aromatic nitrogens is 1. The first-order valence-electron chi connectivity index (χ1n) is 8.79. The molecule has 7 heteroatoms. The van der Waals surface area contributed by atoms with Gasteiger partial charge in [0.1, 0.15) is 0 Å². The number of aryl methyl sites for hydroxylation is 1. The second-order valence-corrected chi connectivity index (χ2v) is 8.64. The molecule has 1 aliphatic heterocycles. The number of carbonyl (C=O) groups is 1. The van der Waals surface area contributed by atoms with Gasteiger partial charge in [-0.1, -0.05) is 29.8 Å². The van der Waals surface area contributed by atoms with Gasteiger partial charge >= 0.3 is 0 Å². The van der Waals surface area contributed by atoms with Crippen LogP contribution in [0.15, 0.2) is 24.3 Å². The first-order valence-corrected chi connectivity index (χ1v) is 9.98. The Bertz CT molecular complexity index is 802. The maximum absolute atomic E-state index is 12.6. The molecule has 4 nitrogen and oxygen atoms in total. The predicted octanol–water partition coefficient (Wildman–Crippen LogP) is 4.45. The van der Waals surface area contributed by atoms with E-state index in [1.807, 2.05) is 31.2 Å². The molecule has 1 amide bonds. The molecule has 1 saturated heterocycles. The molecule has 0 radical (unpaired) electrons. The van der Waals surface area contributed by atoms with Crippen LogP contribution in [0.4, 0.5) is 5.13 Å². The number of rotatable bonds is 4. The number of piperidine rings is 1. The normalized spacial score (nSPS) is 20.5. The molecular formula is C19H23Cl2N3OS. The molecule has 26 heavy (non-hydrogen) atoms. The lowest BCUT2D eigenvalue weighted by atomic mass is 9.92. The number of thiazole rings is 1. The number of amides is 1. The minimum Gasteiger partial charge on any atom is -0.317 e. The molecule has 2 aromatic rings. The predicted molar refractivity (Wildman–Crippen MR) is 110 cm³/mol. The zero-order valence-electron chi connectivity index (χ0n) is 14.7. The first-order chi connectivity index (χ1) is 12.1. The molecule has 2 fully saturated rings. The summed E-state index contributed by atoms with van der Waals surface area (Å²) in [7, 11) is 0. The van der Waals surface area contributed by atoms with Gasteiger partial charge in [-0.15, -0.1) is 23.7 Å². The topological polar surface area (TPSA) is 54.0 Å². The largest absolute Gasteiger partial charge is 0.317 e. The first kappa shape index (κ1) is 19.6. The lowest BCUT2D eigenvalue weighted by molar-refractivity contribution is -0.118. The Morgan fingerprint density at radius 1 is 1.38 bits per heavy atom. The lowest BCUT2D eigenvalue weighted by Crippen LogP contribution is -2.31. The highest BCUT2D eigenvalue weighted by molar-refractivity contribution is 7.15. The number of carbonyl (C=O) groups excluding carboxylic acids is 1. The van der Waals surface area contributed by atoms with Gasteiger partial charge in [-0.05, 0) is 56.3 Å². The van der Waals surface area contributed by atoms with Crippen molar-refractivity contribution in [3.8, 4) is 0 Å². The number of halogens is 2. The van der Waals surface area contributed by atoms with Crippen LogP contribution >= 0.6 is 35.3 Å². The van der Waals surface area contributed by atoms with Crippen LogP contribution in [0.1, 0.15) is 35.4 Å². The van der Waals surface area contributed by atoms with Crippen molar-refractivity contribution in [2.75, 3.05) is 18.4 Å². The van der Waals surface area contributed by atoms with Gasteiger partial charge in [0.05, 0.1) is 5.69 Å². The number of anilines is 1. The summed E-state index contributed by atoms with van der Waals surface area (Å²) in [6.07, 6.45) is 3.99. The Morgan fingerprint density at radius 2 is 2.12 bits per heavy atom. The monoisotopic (exact) mass is 411 g/mol. The van der Waals surface area contributed by atoms with E-state index >= 15 is 0 Å². The zero-order chi connectivity index (χ0) is 17.4. The third-order valence-corrected chi connectivity index (χ3v) is 6.98. The van der Waals surface area contributed by atoms with E-state index in [0.29, 0.717) is 5.13 Å². The highest BCUT2D eigenvalue weighted by atomic mass is 35.5. The lowest BCUT2D eigenvalue weighted by Gasteiger charge is -2.22. The van der Waals surface area contributed by atoms with Crippen LogP contribution in [0.3, 0.4) is 0 Å². The van der Waals surface area contributed by atoms with Gasteiger partial charge in [0, 0.05) is 22.2 Å². The fraction of sp³-hybridized carbons (Fsp3) is 0.474. The summed E-state index contributed by atoms with van der Waals surface area (Å²) in [5, 5.41) is 7.91. The molecule has 1 atom stereocenters. The molecule has 1 saturated carbocycles. The van der Waals surface area contributed by atoms with Gasteiger partial charge in [0.25, 0.3) is 0 Å². The summed E-state index contributed by atoms with van der Waals surface area (Å²) >= 11 is 7.82. The van der Waals surface area contributed by atoms with Crippen LogP contribution in [0.25, 0.3) is 0 Å². The number of hydrogen-bond acceptors (Lipinski definition) is 4. The average Bonchev–Trinajstić information content (AvgIpc) is 3.18. The zero-order valence-corrected chi connectivity index (χ0v) is 17.1. The fourth-order valence-corrected chi connectivity index (χ4v) is 5.04. The molecule has 140 valence electrons. The van der Waals surface area contributed by atoms with Crippen LogP contribution in [-0.4, -0.2) is 24.0 Å². The Hall–Kier alpha value is -1.14. The van der Waals surface area contributed by atoms with Crippen molar-refractivity contribution in [1.29, 1.82) is 0 Å². The van der Waals surface area contributed by atoms with Crippen LogP contribution in [0.5, 0.6) is 0 Å². The van der Waals surface area contributed by atoms with Crippen molar-refractivity contribution in [3.63, 3.8) is 0 Å². The summed E-state index contributed by atoms with van der Waals surface area (Å²) < 4.78 is 0. The summed E-state index contributed by atoms with van der Waals surface area (Å²) in [6.45, 7) is 4.05. The number of nitrogens with zero attached hydrogens (tertiary/aromatic N) is 1. The van der Waals surface area contributed by atoms with Crippen molar-refractivity contribution in [2.45, 2.75) is 32.6 Å². The van der Waals surface area contributed by atoms with Crippen molar-refractivity contribution in [2.24, 2.45) is 11.3 Å². The summed E-state index contributed by atoms with van der Waals surface area (Å²) in [5.74, 6) is 0.297. The van der Waals surface area contributed by atoms with E-state index in [2.05, 4.69) is 15.6 Å². The molecule has 2 heterocycles. The van der Waals surface area contributed by atoms with Gasteiger partial charge in [-0.2, -0.15) is 0 Å². The molecule has 0 bridgehead atoms. The van der Waals surface area contributed by atoms with Crippen LogP contribution in [-0.2, 0) is 11.2 Å². The maximum Gasteiger partial charge on any atom is 0.229 e. The van der Waals surface area contributed by atoms with Gasteiger partial charge in [-0.3, -0.25) is 4.79 Å². The van der Waals surface area contributed by atoms with Gasteiger partial charge in [0.15, 0.2) is 5.13 Å². The Labute approximate surface area is 169 Å². The molecule has 4 rings (SSSR count). The fourth-order valence-electron chi connectivity index (χ4n) is 3.85. The minimum atomic E-state index is 0. The molecule has 2 aliphatic rings. The summed E-state index contributed by atoms with van der Waals surface area (Å²) in [5.41, 5.74) is 2.31. The van der Waals surface area contributed by atoms with Crippen molar-refractivity contribution in [1.82, 2.24) is 10.3 Å². The Balaban J connectivity index is 0.00000196. The molecule has 1 unspecified atom stereocenters. The van der Waals surface area contributed by atoms with Gasteiger partial charge in [0.2, 0.25) is 5.91 Å². The molecular weight excluding hydrogens is 389 g/mol. The van der Waals surface area contributed by atoms with Crippen molar-refractivity contribution >= 4 is 46.4 Å². The van der Waals surface area contributed by atoms with Crippen LogP contribution in [0, 0.1) is 18.3 Å². The van der Waals surface area contributed by atoms with Gasteiger partial charge < -0.3 is 10.6 Å². The van der Waals surface area contributed by atoms with Crippen LogP contribution < -0.4 is 10.6 Å². The molecule has 2 N–H and O–H groups in total. The summed E-state index contributed by atoms with van der Waals surface area (Å²) in [4.78, 5) is 18.3. The highest BCUT2D eigenvalue weighted by Gasteiger charge is 2.57. The van der Waals surface area contributed by atoms with Crippen LogP contribution in [0.2, 0.25) is 5.02 Å². The number of nitrogens with one attached hydrogen (secondary N) is 2. The average molecular weight is 412 g/mol. The quantitative estimate of drug-likeness (QED) is 0.781. The van der Waals surface area contributed by atoms with E-state index in [1.165, 1.54) is 0 Å². The molecule has 1 aromatic heterocycles. The van der Waals surface area contributed by atoms with E-state index in [0.717, 1.165) is 59.9 Å². The van der Waals surface area contributed by atoms with E-state index < -0.39 is 0 Å². The van der Waals surface area contributed by atoms with E-state index in [-0.39, 0.29) is 29.6 Å². The van der Waals surface area contributed by atoms with E-state index in [9.17, 15) is 4.79 Å². The summed E-state index contributed by atoms with van der Waals surface area (Å²) in [6, 6.07) is 7.86. The second kappa shape index (κ2) is 7.85. The highest BCUT2D eigenvalue weighted by Crippen LogP contribution is 2.58. The van der Waals surface area contributed by atoms with Crippen molar-refractivity contribution in [3.05, 3.63) is 45.4 Å². The molecule has 1 aliphatic carbocycles. The molecule has 1 aromatic carbocycles. The number of hydrogen-bond donors (Lipinski definition) is 2. The Morgan fingerprint density at radius 3 is 2.85 bits per heavy atom. The second-order valence-electron chi connectivity index (χ2n) is 7.15. The maximum atomic E-state index is 12.6. The third-order valence-electron chi connectivity index (χ3n) is 5.54. The third kappa shape index (κ3) is 3.91. The van der Waals surface area contributed by atoms with E-state index in [4.69, 9.17) is 11.6 Å². The standard InChI is InChI=1S/C19H22ClN3OS.ClH/c1-12-16(10-13-4-2-3-5-15(13)20)25-18(22-12)23-17(24)14-11-19(14)6-8-21-9-7-19;/h2-5,14,21H,6-11H2,1H3,(H,22,23,24);1H. The SMILES string of the molecule is Cc1nc(NC(=O)C2CC23CCNCC3)sc1Cc1ccccc1Cl.Cl. The Kier molecular flexibility index (Phi) is 5.92. The van der Waals surface area contributed by atoms with E-state index in [1.54, 1.807) is 11.3 Å². The molecule has 1 spiro atoms.